The molecule has 2 aromatic rings. The predicted octanol–water partition coefficient (Wildman–Crippen LogP) is 2.86. The van der Waals surface area contributed by atoms with Crippen molar-refractivity contribution in [3.8, 4) is 9.88 Å². The van der Waals surface area contributed by atoms with Crippen LogP contribution < -0.4 is 5.73 Å². The second-order valence-corrected chi connectivity index (χ2v) is 7.72. The molecule has 2 N–H and O–H groups in total. The Bertz CT molecular complexity index is 590. The Morgan fingerprint density at radius 1 is 1.43 bits per heavy atom. The third kappa shape index (κ3) is 4.36. The zero-order chi connectivity index (χ0) is 15.5. The largest absolute Gasteiger partial charge is 0.345 e. The first kappa shape index (κ1) is 16.1. The molecule has 0 bridgehead atoms. The van der Waals surface area contributed by atoms with Crippen LogP contribution in [0.25, 0.3) is 9.88 Å². The Morgan fingerprint density at radius 3 is 2.81 bits per heavy atom. The van der Waals surface area contributed by atoms with Crippen LogP contribution in [0.1, 0.15) is 19.5 Å². The molecule has 0 aliphatic heterocycles. The molecule has 0 aliphatic carbocycles. The molecule has 0 aromatic carbocycles. The molecule has 21 heavy (non-hydrogen) atoms. The standard InChI is InChI=1S/C15H21N3OS2/c1-15(2,9-16)10-18(3)13(19)7-11-8-21-14(17-11)12-5-4-6-20-12/h4-6,8H,7,9-10,16H2,1-3H3. The molecule has 0 unspecified atom stereocenters. The van der Waals surface area contributed by atoms with Gasteiger partial charge in [-0.2, -0.15) is 0 Å². The van der Waals surface area contributed by atoms with E-state index < -0.39 is 0 Å². The number of hydrogen-bond acceptors (Lipinski definition) is 5. The minimum atomic E-state index is -0.0609. The monoisotopic (exact) mass is 323 g/mol. The third-order valence-electron chi connectivity index (χ3n) is 3.26. The van der Waals surface area contributed by atoms with Crippen LogP contribution in [0.2, 0.25) is 0 Å². The number of thiophene rings is 1. The highest BCUT2D eigenvalue weighted by Crippen LogP contribution is 2.28. The number of rotatable bonds is 6. The molecular weight excluding hydrogens is 302 g/mol. The van der Waals surface area contributed by atoms with Crippen molar-refractivity contribution >= 4 is 28.6 Å². The lowest BCUT2D eigenvalue weighted by atomic mass is 9.93. The summed E-state index contributed by atoms with van der Waals surface area (Å²) in [4.78, 5) is 19.7. The molecule has 0 atom stereocenters. The Hall–Kier alpha value is -1.24. The molecule has 2 rings (SSSR count). The third-order valence-corrected chi connectivity index (χ3v) is 5.19. The van der Waals surface area contributed by atoms with Crippen molar-refractivity contribution < 1.29 is 4.79 Å². The molecule has 1 amide bonds. The van der Waals surface area contributed by atoms with E-state index in [1.54, 1.807) is 27.6 Å². The molecular formula is C15H21N3OS2. The van der Waals surface area contributed by atoms with E-state index in [2.05, 4.69) is 18.8 Å². The number of thiazole rings is 1. The summed E-state index contributed by atoms with van der Waals surface area (Å²) in [6.07, 6.45) is 0.346. The normalized spacial score (nSPS) is 11.6. The molecule has 114 valence electrons. The summed E-state index contributed by atoms with van der Waals surface area (Å²) in [7, 11) is 1.83. The van der Waals surface area contributed by atoms with Crippen molar-refractivity contribution in [2.24, 2.45) is 11.1 Å². The fraction of sp³-hybridized carbons (Fsp3) is 0.467. The Morgan fingerprint density at radius 2 is 2.19 bits per heavy atom. The van der Waals surface area contributed by atoms with Gasteiger partial charge in [0.2, 0.25) is 5.91 Å². The molecule has 2 aromatic heterocycles. The highest BCUT2D eigenvalue weighted by atomic mass is 32.1. The maximum Gasteiger partial charge on any atom is 0.228 e. The van der Waals surface area contributed by atoms with Gasteiger partial charge >= 0.3 is 0 Å². The van der Waals surface area contributed by atoms with Crippen LogP contribution in [0.3, 0.4) is 0 Å². The van der Waals surface area contributed by atoms with Gasteiger partial charge < -0.3 is 10.6 Å². The van der Waals surface area contributed by atoms with Crippen LogP contribution in [0.4, 0.5) is 0 Å². The number of nitrogens with zero attached hydrogens (tertiary/aromatic N) is 2. The molecule has 6 heteroatoms. The van der Waals surface area contributed by atoms with Crippen molar-refractivity contribution in [2.45, 2.75) is 20.3 Å². The molecule has 0 saturated heterocycles. The number of hydrogen-bond donors (Lipinski definition) is 1. The maximum absolute atomic E-state index is 12.3. The fourth-order valence-electron chi connectivity index (χ4n) is 1.99. The minimum Gasteiger partial charge on any atom is -0.345 e. The first-order valence-corrected chi connectivity index (χ1v) is 8.59. The van der Waals surface area contributed by atoms with E-state index in [1.807, 2.05) is 29.9 Å². The van der Waals surface area contributed by atoms with Crippen molar-refractivity contribution in [1.82, 2.24) is 9.88 Å². The Labute approximate surface area is 133 Å². The average molecular weight is 323 g/mol. The van der Waals surface area contributed by atoms with Gasteiger partial charge in [-0.1, -0.05) is 19.9 Å². The number of aromatic nitrogens is 1. The first-order chi connectivity index (χ1) is 9.91. The second kappa shape index (κ2) is 6.68. The zero-order valence-electron chi connectivity index (χ0n) is 12.6. The topological polar surface area (TPSA) is 59.2 Å². The quantitative estimate of drug-likeness (QED) is 0.889. The predicted molar refractivity (Wildman–Crippen MR) is 89.6 cm³/mol. The summed E-state index contributed by atoms with van der Waals surface area (Å²) >= 11 is 3.25. The number of carbonyl (C=O) groups excluding carboxylic acids is 1. The average Bonchev–Trinajstić information content (AvgIpc) is 3.08. The molecule has 0 spiro atoms. The second-order valence-electron chi connectivity index (χ2n) is 5.92. The van der Waals surface area contributed by atoms with Crippen molar-refractivity contribution in [3.05, 3.63) is 28.6 Å². The van der Waals surface area contributed by atoms with Gasteiger partial charge in [0.25, 0.3) is 0 Å². The smallest absolute Gasteiger partial charge is 0.228 e. The molecule has 0 radical (unpaired) electrons. The molecule has 2 heterocycles. The van der Waals surface area contributed by atoms with Gasteiger partial charge in [0.15, 0.2) is 0 Å². The van der Waals surface area contributed by atoms with Gasteiger partial charge in [-0.05, 0) is 23.4 Å². The zero-order valence-corrected chi connectivity index (χ0v) is 14.3. The highest BCUT2D eigenvalue weighted by molar-refractivity contribution is 7.20. The first-order valence-electron chi connectivity index (χ1n) is 6.83. The van der Waals surface area contributed by atoms with Crippen LogP contribution in [0, 0.1) is 5.41 Å². The van der Waals surface area contributed by atoms with Crippen molar-refractivity contribution in [2.75, 3.05) is 20.1 Å². The number of carbonyl (C=O) groups is 1. The van der Waals surface area contributed by atoms with Gasteiger partial charge in [0.1, 0.15) is 5.01 Å². The lowest BCUT2D eigenvalue weighted by Gasteiger charge is -2.28. The van der Waals surface area contributed by atoms with E-state index in [4.69, 9.17) is 5.73 Å². The molecule has 0 fully saturated rings. The fourth-order valence-corrected chi connectivity index (χ4v) is 3.62. The summed E-state index contributed by atoms with van der Waals surface area (Å²) in [5.41, 5.74) is 6.50. The highest BCUT2D eigenvalue weighted by Gasteiger charge is 2.21. The van der Waals surface area contributed by atoms with E-state index in [1.165, 1.54) is 0 Å². The molecule has 0 saturated carbocycles. The molecule has 4 nitrogen and oxygen atoms in total. The van der Waals surface area contributed by atoms with Crippen molar-refractivity contribution in [3.63, 3.8) is 0 Å². The lowest BCUT2D eigenvalue weighted by molar-refractivity contribution is -0.130. The van der Waals surface area contributed by atoms with Crippen LogP contribution in [0.5, 0.6) is 0 Å². The van der Waals surface area contributed by atoms with Crippen LogP contribution in [-0.2, 0) is 11.2 Å². The van der Waals surface area contributed by atoms with Gasteiger partial charge in [-0.25, -0.2) is 4.98 Å². The number of nitrogens with two attached hydrogens (primary N) is 1. The van der Waals surface area contributed by atoms with E-state index in [9.17, 15) is 4.79 Å². The number of amides is 1. The number of likely N-dealkylation sites (N-methyl/N-ethyl adjacent to an activating group) is 1. The SMILES string of the molecule is CN(CC(C)(C)CN)C(=O)Cc1csc(-c2cccs2)n1. The van der Waals surface area contributed by atoms with Crippen LogP contribution in [-0.4, -0.2) is 35.9 Å². The van der Waals surface area contributed by atoms with Gasteiger partial charge in [-0.15, -0.1) is 22.7 Å². The summed E-state index contributed by atoms with van der Waals surface area (Å²) in [6, 6.07) is 4.06. The minimum absolute atomic E-state index is 0.0609. The van der Waals surface area contributed by atoms with Crippen LogP contribution in [0.15, 0.2) is 22.9 Å². The summed E-state index contributed by atoms with van der Waals surface area (Å²) in [6.45, 7) is 5.34. The maximum atomic E-state index is 12.3. The summed E-state index contributed by atoms with van der Waals surface area (Å²) < 4.78 is 0. The van der Waals surface area contributed by atoms with Gasteiger partial charge in [-0.3, -0.25) is 4.79 Å². The van der Waals surface area contributed by atoms with Gasteiger partial charge in [0.05, 0.1) is 17.0 Å². The summed E-state index contributed by atoms with van der Waals surface area (Å²) in [5.74, 6) is 0.0829. The van der Waals surface area contributed by atoms with E-state index in [0.717, 1.165) is 15.6 Å². The lowest BCUT2D eigenvalue weighted by Crippen LogP contribution is -2.40. The Balaban J connectivity index is 1.97. The summed E-state index contributed by atoms with van der Waals surface area (Å²) in [5, 5.41) is 4.98. The van der Waals surface area contributed by atoms with E-state index in [-0.39, 0.29) is 11.3 Å². The van der Waals surface area contributed by atoms with Crippen LogP contribution >= 0.6 is 22.7 Å². The van der Waals surface area contributed by atoms with Crippen molar-refractivity contribution in [1.29, 1.82) is 0 Å². The van der Waals surface area contributed by atoms with E-state index >= 15 is 0 Å². The molecule has 0 aliphatic rings. The van der Waals surface area contributed by atoms with Gasteiger partial charge in [0, 0.05) is 19.0 Å². The van der Waals surface area contributed by atoms with E-state index in [0.29, 0.717) is 19.5 Å². The Kier molecular flexibility index (Phi) is 5.13.